The van der Waals surface area contributed by atoms with E-state index < -0.39 is 17.2 Å². The Morgan fingerprint density at radius 2 is 1.61 bits per heavy atom. The molecule has 0 radical (unpaired) electrons. The van der Waals surface area contributed by atoms with Crippen molar-refractivity contribution in [3.8, 4) is 0 Å². The van der Waals surface area contributed by atoms with Crippen molar-refractivity contribution in [1.82, 2.24) is 0 Å². The first-order valence-corrected chi connectivity index (χ1v) is 7.10. The summed E-state index contributed by atoms with van der Waals surface area (Å²) in [5, 5.41) is 0. The van der Waals surface area contributed by atoms with Gasteiger partial charge in [0.05, 0.1) is 5.56 Å². The van der Waals surface area contributed by atoms with Gasteiger partial charge in [0.15, 0.2) is 23.9 Å². The molecule has 1 aromatic carbocycles. The molecule has 2 aromatic rings. The lowest BCUT2D eigenvalue weighted by atomic mass is 9.86. The molecule has 1 aromatic heterocycles. The molecule has 0 spiro atoms. The van der Waals surface area contributed by atoms with E-state index in [4.69, 9.17) is 9.15 Å². The molecule has 23 heavy (non-hydrogen) atoms. The third kappa shape index (κ3) is 3.97. The Bertz CT molecular complexity index is 771. The number of Topliss-reactive ketones (excluding diaryl/α,β-unsaturated/α-hetero) is 1. The molecule has 0 atom stereocenters. The highest BCUT2D eigenvalue weighted by Gasteiger charge is 2.23. The molecule has 0 saturated carbocycles. The fourth-order valence-electron chi connectivity index (χ4n) is 1.91. The average molecular weight is 318 g/mol. The summed E-state index contributed by atoms with van der Waals surface area (Å²) in [6, 6.07) is 6.24. The molecule has 0 unspecified atom stereocenters. The Morgan fingerprint density at radius 1 is 1.04 bits per heavy atom. The summed E-state index contributed by atoms with van der Waals surface area (Å²) in [6.07, 6.45) is 0. The zero-order valence-electron chi connectivity index (χ0n) is 13.5. The molecular formula is C17H18O6. The first kappa shape index (κ1) is 16.7. The van der Waals surface area contributed by atoms with Crippen LogP contribution in [0.3, 0.4) is 0 Å². The van der Waals surface area contributed by atoms with E-state index in [1.165, 1.54) is 12.1 Å². The Morgan fingerprint density at radius 3 is 2.09 bits per heavy atom. The van der Waals surface area contributed by atoms with Crippen LogP contribution in [0.5, 0.6) is 0 Å². The summed E-state index contributed by atoms with van der Waals surface area (Å²) in [6.45, 7) is 6.84. The summed E-state index contributed by atoms with van der Waals surface area (Å²) < 4.78 is 14.5. The number of hydrogen-bond donors (Lipinski definition) is 0. The fraction of sp³-hybridized carbons (Fsp3) is 0.353. The summed E-state index contributed by atoms with van der Waals surface area (Å²) in [4.78, 5) is 35.0. The minimum Gasteiger partial charge on any atom is -0.454 e. The Hall–Kier alpha value is -2.63. The van der Waals surface area contributed by atoms with Crippen molar-refractivity contribution in [2.45, 2.75) is 34.3 Å². The summed E-state index contributed by atoms with van der Waals surface area (Å²) in [5.41, 5.74) is 0.350. The van der Waals surface area contributed by atoms with Gasteiger partial charge in [0.25, 0.3) is 0 Å². The number of aryl methyl sites for hydroxylation is 1. The number of hydrogen-bond acceptors (Lipinski definition) is 6. The third-order valence-electron chi connectivity index (χ3n) is 3.23. The van der Waals surface area contributed by atoms with E-state index in [2.05, 4.69) is 4.42 Å². The molecule has 0 aliphatic rings. The smallest absolute Gasteiger partial charge is 0.454 e. The molecule has 6 heteroatoms. The summed E-state index contributed by atoms with van der Waals surface area (Å²) >= 11 is 0. The minimum atomic E-state index is -0.835. The normalized spacial score (nSPS) is 11.3. The second kappa shape index (κ2) is 6.24. The molecule has 2 rings (SSSR count). The van der Waals surface area contributed by atoms with E-state index in [0.717, 1.165) is 0 Å². The number of carbonyl (C=O) groups is 2. The highest BCUT2D eigenvalue weighted by atomic mass is 16.6. The fourth-order valence-corrected chi connectivity index (χ4v) is 1.91. The first-order valence-electron chi connectivity index (χ1n) is 7.10. The van der Waals surface area contributed by atoms with Crippen molar-refractivity contribution in [1.29, 1.82) is 0 Å². The van der Waals surface area contributed by atoms with Gasteiger partial charge < -0.3 is 13.6 Å². The van der Waals surface area contributed by atoms with Gasteiger partial charge in [-0.3, -0.25) is 4.79 Å². The van der Waals surface area contributed by atoms with E-state index in [1.807, 2.05) is 20.8 Å². The molecule has 0 fully saturated rings. The number of ether oxygens (including phenoxy) is 1. The Kier molecular flexibility index (Phi) is 4.54. The van der Waals surface area contributed by atoms with Crippen LogP contribution in [0.25, 0.3) is 0 Å². The van der Waals surface area contributed by atoms with Gasteiger partial charge >= 0.3 is 11.8 Å². The van der Waals surface area contributed by atoms with E-state index in [-0.39, 0.29) is 23.9 Å². The predicted octanol–water partition coefficient (Wildman–Crippen LogP) is 3.13. The molecule has 122 valence electrons. The number of ketones is 1. The first-order chi connectivity index (χ1) is 10.7. The van der Waals surface area contributed by atoms with Crippen LogP contribution in [-0.2, 0) is 11.3 Å². The Labute approximate surface area is 133 Å². The molecule has 0 bridgehead atoms. The van der Waals surface area contributed by atoms with Gasteiger partial charge in [0.1, 0.15) is 0 Å². The zero-order valence-corrected chi connectivity index (χ0v) is 13.5. The molecule has 0 amide bonds. The Balaban J connectivity index is 2.04. The molecule has 6 nitrogen and oxygen atoms in total. The van der Waals surface area contributed by atoms with Crippen molar-refractivity contribution in [2.24, 2.45) is 5.41 Å². The van der Waals surface area contributed by atoms with Crippen LogP contribution in [0.15, 0.2) is 37.9 Å². The van der Waals surface area contributed by atoms with Gasteiger partial charge in [0.2, 0.25) is 0 Å². The molecule has 0 saturated heterocycles. The van der Waals surface area contributed by atoms with E-state index in [9.17, 15) is 14.4 Å². The number of benzene rings is 1. The second-order valence-corrected chi connectivity index (χ2v) is 6.17. The monoisotopic (exact) mass is 318 g/mol. The van der Waals surface area contributed by atoms with Crippen LogP contribution in [0, 0.1) is 12.3 Å². The lowest BCUT2D eigenvalue weighted by Crippen LogP contribution is -2.20. The highest BCUT2D eigenvalue weighted by Crippen LogP contribution is 2.21. The predicted molar refractivity (Wildman–Crippen MR) is 81.3 cm³/mol. The van der Waals surface area contributed by atoms with Crippen molar-refractivity contribution < 1.29 is 23.2 Å². The van der Waals surface area contributed by atoms with Gasteiger partial charge in [-0.1, -0.05) is 32.9 Å². The van der Waals surface area contributed by atoms with Gasteiger partial charge in [-0.15, -0.1) is 0 Å². The maximum Gasteiger partial charge on any atom is 0.519 e. The largest absolute Gasteiger partial charge is 0.519 e. The quantitative estimate of drug-likeness (QED) is 0.636. The summed E-state index contributed by atoms with van der Waals surface area (Å²) in [7, 11) is 0. The summed E-state index contributed by atoms with van der Waals surface area (Å²) in [5.74, 6) is -0.980. The minimum absolute atomic E-state index is 0.00628. The second-order valence-electron chi connectivity index (χ2n) is 6.17. The van der Waals surface area contributed by atoms with E-state index >= 15 is 0 Å². The van der Waals surface area contributed by atoms with Crippen LogP contribution in [0.2, 0.25) is 0 Å². The van der Waals surface area contributed by atoms with Crippen LogP contribution in [0.1, 0.15) is 53.0 Å². The van der Waals surface area contributed by atoms with Crippen molar-refractivity contribution in [2.75, 3.05) is 0 Å². The van der Waals surface area contributed by atoms with Crippen molar-refractivity contribution in [3.63, 3.8) is 0 Å². The van der Waals surface area contributed by atoms with E-state index in [1.54, 1.807) is 19.1 Å². The maximum absolute atomic E-state index is 12.1. The molecular weight excluding hydrogens is 300 g/mol. The van der Waals surface area contributed by atoms with Gasteiger partial charge in [-0.05, 0) is 19.1 Å². The number of rotatable bonds is 4. The van der Waals surface area contributed by atoms with Crippen LogP contribution in [0.4, 0.5) is 0 Å². The zero-order chi connectivity index (χ0) is 17.2. The van der Waals surface area contributed by atoms with E-state index in [0.29, 0.717) is 11.1 Å². The van der Waals surface area contributed by atoms with Gasteiger partial charge in [0, 0.05) is 11.0 Å². The van der Waals surface area contributed by atoms with Crippen molar-refractivity contribution in [3.05, 3.63) is 57.5 Å². The molecule has 0 aliphatic carbocycles. The SMILES string of the molecule is Cc1oc(=O)oc1COC(=O)c1ccc(C(=O)C(C)(C)C)cc1. The number of esters is 1. The lowest BCUT2D eigenvalue weighted by Gasteiger charge is -2.16. The average Bonchev–Trinajstić information content (AvgIpc) is 2.81. The standard InChI is InChI=1S/C17H18O6/c1-10-13(23-16(20)22-10)9-21-15(19)12-7-5-11(6-8-12)14(18)17(2,3)4/h5-8H,9H2,1-4H3. The molecule has 0 N–H and O–H groups in total. The highest BCUT2D eigenvalue weighted by molar-refractivity contribution is 6.00. The van der Waals surface area contributed by atoms with Crippen LogP contribution < -0.4 is 5.82 Å². The molecule has 0 aliphatic heterocycles. The maximum atomic E-state index is 12.1. The number of carbonyl (C=O) groups excluding carboxylic acids is 2. The van der Waals surface area contributed by atoms with Crippen molar-refractivity contribution >= 4 is 11.8 Å². The van der Waals surface area contributed by atoms with Crippen LogP contribution >= 0.6 is 0 Å². The lowest BCUT2D eigenvalue weighted by molar-refractivity contribution is 0.0442. The van der Waals surface area contributed by atoms with Gasteiger partial charge in [-0.25, -0.2) is 9.59 Å². The topological polar surface area (TPSA) is 86.7 Å². The third-order valence-corrected chi connectivity index (χ3v) is 3.23. The van der Waals surface area contributed by atoms with Crippen LogP contribution in [-0.4, -0.2) is 11.8 Å². The van der Waals surface area contributed by atoms with Gasteiger partial charge in [-0.2, -0.15) is 0 Å². The molecule has 1 heterocycles.